The number of carbonyl (C=O) groups excluding carboxylic acids is 1. The number of methoxy groups -OCH3 is 1. The van der Waals surface area contributed by atoms with E-state index in [1.54, 1.807) is 14.0 Å². The van der Waals surface area contributed by atoms with Gasteiger partial charge in [0.25, 0.3) is 0 Å². The Balaban J connectivity index is 2.62. The van der Waals surface area contributed by atoms with Crippen LogP contribution in [0.3, 0.4) is 0 Å². The van der Waals surface area contributed by atoms with Gasteiger partial charge in [-0.25, -0.2) is 0 Å². The summed E-state index contributed by atoms with van der Waals surface area (Å²) in [4.78, 5) is 13.5. The molecule has 0 fully saturated rings. The number of carbonyl (C=O) groups is 1. The Morgan fingerprint density at radius 1 is 1.47 bits per heavy atom. The number of rotatable bonds is 1. The molecule has 0 unspecified atom stereocenters. The Kier molecular flexibility index (Phi) is 2.94. The molecule has 0 spiro atoms. The van der Waals surface area contributed by atoms with Crippen LogP contribution in [0.15, 0.2) is 16.6 Å². The maximum atomic E-state index is 11.6. The molecular formula is C13H16BrNO2. The minimum absolute atomic E-state index is 0.0328. The molecule has 0 bridgehead atoms. The molecular weight excluding hydrogens is 282 g/mol. The first kappa shape index (κ1) is 12.4. The first-order chi connectivity index (χ1) is 7.86. The van der Waals surface area contributed by atoms with Gasteiger partial charge in [-0.1, -0.05) is 13.8 Å². The second-order valence-electron chi connectivity index (χ2n) is 4.99. The molecule has 1 aliphatic heterocycles. The quantitative estimate of drug-likeness (QED) is 0.797. The average Bonchev–Trinajstić information content (AvgIpc) is 2.49. The van der Waals surface area contributed by atoms with E-state index in [9.17, 15) is 4.79 Å². The minimum Gasteiger partial charge on any atom is -0.496 e. The maximum absolute atomic E-state index is 11.6. The van der Waals surface area contributed by atoms with Gasteiger partial charge in [0.2, 0.25) is 5.91 Å². The van der Waals surface area contributed by atoms with Gasteiger partial charge in [0, 0.05) is 24.6 Å². The SMILES string of the molecule is COc1cc2c(cc1Br)N(C(C)=O)CC2(C)C. The first-order valence-corrected chi connectivity index (χ1v) is 6.32. The Hall–Kier alpha value is -1.03. The molecule has 17 heavy (non-hydrogen) atoms. The summed E-state index contributed by atoms with van der Waals surface area (Å²) in [6, 6.07) is 3.98. The number of fused-ring (bicyclic) bond motifs is 1. The monoisotopic (exact) mass is 297 g/mol. The topological polar surface area (TPSA) is 29.5 Å². The van der Waals surface area contributed by atoms with E-state index in [0.717, 1.165) is 28.0 Å². The Morgan fingerprint density at radius 2 is 2.12 bits per heavy atom. The standard InChI is InChI=1S/C13H16BrNO2/c1-8(16)15-7-13(2,3)9-5-12(17-4)10(14)6-11(9)15/h5-6H,7H2,1-4H3. The van der Waals surface area contributed by atoms with Crippen LogP contribution in [-0.4, -0.2) is 19.6 Å². The summed E-state index contributed by atoms with van der Waals surface area (Å²) < 4.78 is 6.19. The van der Waals surface area contributed by atoms with Gasteiger partial charge < -0.3 is 9.64 Å². The zero-order chi connectivity index (χ0) is 12.8. The second-order valence-corrected chi connectivity index (χ2v) is 5.85. The molecule has 0 atom stereocenters. The van der Waals surface area contributed by atoms with Gasteiger partial charge in [-0.15, -0.1) is 0 Å². The fraction of sp³-hybridized carbons (Fsp3) is 0.462. The van der Waals surface area contributed by atoms with Crippen LogP contribution in [0.1, 0.15) is 26.3 Å². The number of nitrogens with zero attached hydrogens (tertiary/aromatic N) is 1. The Bertz CT molecular complexity index is 483. The van der Waals surface area contributed by atoms with E-state index < -0.39 is 0 Å². The predicted molar refractivity (Wildman–Crippen MR) is 71.7 cm³/mol. The van der Waals surface area contributed by atoms with Crippen molar-refractivity contribution in [1.29, 1.82) is 0 Å². The molecule has 1 heterocycles. The lowest BCUT2D eigenvalue weighted by Gasteiger charge is -2.19. The number of ether oxygens (including phenoxy) is 1. The van der Waals surface area contributed by atoms with Crippen molar-refractivity contribution in [3.63, 3.8) is 0 Å². The summed E-state index contributed by atoms with van der Waals surface area (Å²) in [7, 11) is 1.65. The highest BCUT2D eigenvalue weighted by Crippen LogP contribution is 2.44. The third kappa shape index (κ3) is 1.95. The summed E-state index contributed by atoms with van der Waals surface area (Å²) in [6.07, 6.45) is 0. The minimum atomic E-state index is -0.0328. The predicted octanol–water partition coefficient (Wildman–Crippen LogP) is 3.10. The molecule has 0 saturated carbocycles. The molecule has 92 valence electrons. The molecule has 1 amide bonds. The number of anilines is 1. The molecule has 1 aliphatic rings. The van der Waals surface area contributed by atoms with Crippen LogP contribution in [0.5, 0.6) is 5.75 Å². The Morgan fingerprint density at radius 3 is 2.65 bits per heavy atom. The summed E-state index contributed by atoms with van der Waals surface area (Å²) in [5, 5.41) is 0. The van der Waals surface area contributed by atoms with Crippen molar-refractivity contribution in [2.45, 2.75) is 26.2 Å². The highest BCUT2D eigenvalue weighted by atomic mass is 79.9. The van der Waals surface area contributed by atoms with E-state index in [0.29, 0.717) is 0 Å². The lowest BCUT2D eigenvalue weighted by molar-refractivity contribution is -0.116. The fourth-order valence-corrected chi connectivity index (χ4v) is 2.80. The average molecular weight is 298 g/mol. The smallest absolute Gasteiger partial charge is 0.223 e. The molecule has 0 N–H and O–H groups in total. The normalized spacial score (nSPS) is 16.9. The van der Waals surface area contributed by atoms with Gasteiger partial charge in [-0.05, 0) is 33.6 Å². The van der Waals surface area contributed by atoms with E-state index in [4.69, 9.17) is 4.74 Å². The molecule has 1 aromatic rings. The van der Waals surface area contributed by atoms with E-state index in [1.165, 1.54) is 0 Å². The number of benzene rings is 1. The van der Waals surface area contributed by atoms with Gasteiger partial charge in [-0.3, -0.25) is 4.79 Å². The van der Waals surface area contributed by atoms with Gasteiger partial charge in [-0.2, -0.15) is 0 Å². The summed E-state index contributed by atoms with van der Waals surface area (Å²) in [6.45, 7) is 6.60. The molecule has 1 aromatic carbocycles. The molecule has 0 saturated heterocycles. The molecule has 0 aromatic heterocycles. The highest BCUT2D eigenvalue weighted by molar-refractivity contribution is 9.10. The molecule has 2 rings (SSSR count). The van der Waals surface area contributed by atoms with Crippen molar-refractivity contribution >= 4 is 27.5 Å². The van der Waals surface area contributed by atoms with Gasteiger partial charge in [0.15, 0.2) is 0 Å². The van der Waals surface area contributed by atoms with E-state index >= 15 is 0 Å². The lowest BCUT2D eigenvalue weighted by atomic mass is 9.87. The van der Waals surface area contributed by atoms with E-state index in [-0.39, 0.29) is 11.3 Å². The maximum Gasteiger partial charge on any atom is 0.223 e. The van der Waals surface area contributed by atoms with Crippen molar-refractivity contribution in [3.8, 4) is 5.75 Å². The van der Waals surface area contributed by atoms with Crippen LogP contribution >= 0.6 is 15.9 Å². The van der Waals surface area contributed by atoms with Crippen molar-refractivity contribution in [2.24, 2.45) is 0 Å². The van der Waals surface area contributed by atoms with Crippen LogP contribution in [0.4, 0.5) is 5.69 Å². The third-order valence-electron chi connectivity index (χ3n) is 3.22. The highest BCUT2D eigenvalue weighted by Gasteiger charge is 2.37. The zero-order valence-electron chi connectivity index (χ0n) is 10.5. The molecule has 0 aliphatic carbocycles. The van der Waals surface area contributed by atoms with Crippen molar-refractivity contribution in [3.05, 3.63) is 22.2 Å². The van der Waals surface area contributed by atoms with Crippen molar-refractivity contribution in [1.82, 2.24) is 0 Å². The van der Waals surface area contributed by atoms with Crippen molar-refractivity contribution < 1.29 is 9.53 Å². The Labute approximate surface area is 110 Å². The first-order valence-electron chi connectivity index (χ1n) is 5.53. The molecule has 0 radical (unpaired) electrons. The lowest BCUT2D eigenvalue weighted by Crippen LogP contribution is -2.31. The van der Waals surface area contributed by atoms with Crippen LogP contribution in [0.25, 0.3) is 0 Å². The van der Waals surface area contributed by atoms with Crippen LogP contribution in [0, 0.1) is 0 Å². The van der Waals surface area contributed by atoms with E-state index in [1.807, 2.05) is 17.0 Å². The zero-order valence-corrected chi connectivity index (χ0v) is 12.1. The van der Waals surface area contributed by atoms with Crippen LogP contribution in [0.2, 0.25) is 0 Å². The van der Waals surface area contributed by atoms with Gasteiger partial charge in [0.1, 0.15) is 5.75 Å². The summed E-state index contributed by atoms with van der Waals surface area (Å²) in [5.41, 5.74) is 2.11. The van der Waals surface area contributed by atoms with Crippen molar-refractivity contribution in [2.75, 3.05) is 18.6 Å². The number of hydrogen-bond donors (Lipinski definition) is 0. The number of amides is 1. The fourth-order valence-electron chi connectivity index (χ4n) is 2.31. The second kappa shape index (κ2) is 4.02. The van der Waals surface area contributed by atoms with Gasteiger partial charge in [0.05, 0.1) is 11.6 Å². The molecule has 3 nitrogen and oxygen atoms in total. The summed E-state index contributed by atoms with van der Waals surface area (Å²) >= 11 is 3.46. The van der Waals surface area contributed by atoms with Gasteiger partial charge >= 0.3 is 0 Å². The van der Waals surface area contributed by atoms with Crippen LogP contribution < -0.4 is 9.64 Å². The van der Waals surface area contributed by atoms with Crippen LogP contribution in [-0.2, 0) is 10.2 Å². The largest absolute Gasteiger partial charge is 0.496 e. The molecule has 4 heteroatoms. The van der Waals surface area contributed by atoms with E-state index in [2.05, 4.69) is 29.8 Å². The number of hydrogen-bond acceptors (Lipinski definition) is 2. The summed E-state index contributed by atoms with van der Waals surface area (Å²) in [5.74, 6) is 0.885. The third-order valence-corrected chi connectivity index (χ3v) is 3.84. The number of halogens is 1.